The van der Waals surface area contributed by atoms with Crippen molar-refractivity contribution in [3.8, 4) is 5.75 Å². The van der Waals surface area contributed by atoms with Gasteiger partial charge in [-0.25, -0.2) is 9.65 Å². The van der Waals surface area contributed by atoms with Crippen LogP contribution in [0.25, 0.3) is 0 Å². The first-order chi connectivity index (χ1) is 13.9. The summed E-state index contributed by atoms with van der Waals surface area (Å²) < 4.78 is 31.3. The molecule has 1 aromatic rings. The molecule has 0 bridgehead atoms. The van der Waals surface area contributed by atoms with Crippen LogP contribution >= 0.6 is 7.67 Å². The smallest absolute Gasteiger partial charge is 0.394 e. The van der Waals surface area contributed by atoms with E-state index in [1.807, 2.05) is 25.1 Å². The molecule has 1 N–H and O–H groups in total. The third-order valence-corrected chi connectivity index (χ3v) is 7.26. The molecular formula is C20H29N2O6P. The number of rotatable bonds is 9. The second-order valence-electron chi connectivity index (χ2n) is 7.31. The lowest BCUT2D eigenvalue weighted by Gasteiger charge is -2.40. The number of nitrogens with one attached hydrogen (secondary N) is 1. The Bertz CT molecular complexity index is 810. The molecule has 2 atom stereocenters. The van der Waals surface area contributed by atoms with E-state index in [0.29, 0.717) is 11.7 Å². The number of carbonyl (C=O) groups is 2. The lowest BCUT2D eigenvalue weighted by Crippen LogP contribution is -2.41. The number of para-hydroxylation sites is 1. The minimum absolute atomic E-state index is 0.214. The van der Waals surface area contributed by atoms with Crippen molar-refractivity contribution < 1.29 is 28.2 Å². The Morgan fingerprint density at radius 3 is 2.55 bits per heavy atom. The van der Waals surface area contributed by atoms with Crippen molar-refractivity contribution in [2.45, 2.75) is 46.1 Å². The Kier molecular flexibility index (Phi) is 6.98. The summed E-state index contributed by atoms with van der Waals surface area (Å²) in [6, 6.07) is 5.51. The van der Waals surface area contributed by atoms with Crippen molar-refractivity contribution in [2.24, 2.45) is 5.92 Å². The lowest BCUT2D eigenvalue weighted by molar-refractivity contribution is -0.143. The molecule has 3 rings (SSSR count). The highest BCUT2D eigenvalue weighted by Gasteiger charge is 2.45. The molecule has 1 heterocycles. The summed E-state index contributed by atoms with van der Waals surface area (Å²) in [6.45, 7) is 5.25. The summed E-state index contributed by atoms with van der Waals surface area (Å²) in [5.74, 6) is 0.183. The van der Waals surface area contributed by atoms with E-state index in [-0.39, 0.29) is 32.3 Å². The quantitative estimate of drug-likeness (QED) is 0.477. The van der Waals surface area contributed by atoms with E-state index in [4.69, 9.17) is 14.0 Å². The zero-order valence-corrected chi connectivity index (χ0v) is 18.1. The van der Waals surface area contributed by atoms with Gasteiger partial charge in [0.05, 0.1) is 13.2 Å². The normalized spacial score (nSPS) is 23.8. The third kappa shape index (κ3) is 5.18. The van der Waals surface area contributed by atoms with E-state index in [9.17, 15) is 14.2 Å². The number of hydrogen-bond donors (Lipinski definition) is 1. The van der Waals surface area contributed by atoms with Gasteiger partial charge in [0.1, 0.15) is 18.8 Å². The Labute approximate surface area is 171 Å². The first kappa shape index (κ1) is 21.8. The number of ether oxygens (including phenoxy) is 2. The Morgan fingerprint density at radius 1 is 1.21 bits per heavy atom. The molecule has 0 radical (unpaired) electrons. The summed E-state index contributed by atoms with van der Waals surface area (Å²) in [5.41, 5.74) is 1.88. The minimum Gasteiger partial charge on any atom is -0.465 e. The molecule has 0 amide bonds. The van der Waals surface area contributed by atoms with Gasteiger partial charge in [-0.05, 0) is 51.5 Å². The number of benzene rings is 1. The first-order valence-corrected chi connectivity index (χ1v) is 11.7. The maximum Gasteiger partial charge on any atom is 0.394 e. The van der Waals surface area contributed by atoms with Crippen LogP contribution < -0.4 is 9.61 Å². The minimum atomic E-state index is -3.74. The van der Waals surface area contributed by atoms with Crippen molar-refractivity contribution in [1.29, 1.82) is 0 Å². The molecule has 1 aliphatic heterocycles. The molecule has 1 aromatic carbocycles. The fourth-order valence-corrected chi connectivity index (χ4v) is 5.50. The number of carbonyl (C=O) groups excluding carboxylic acids is 2. The molecule has 2 aliphatic rings. The fourth-order valence-electron chi connectivity index (χ4n) is 3.47. The molecule has 160 valence electrons. The standard InChI is InChI=1S/C20H29N2O6P/c1-4-26-18(23)12-21-29(25)22(13-19(24)27-5-2)14(3)17-8-6-7-16(20(17)28-29)11-15-9-10-15/h6-8,14-15H,4-5,9-13H2,1-3H3,(H,21,25). The summed E-state index contributed by atoms with van der Waals surface area (Å²) in [5, 5.41) is 2.72. The van der Waals surface area contributed by atoms with Crippen LogP contribution in [0.2, 0.25) is 0 Å². The number of esters is 2. The average molecular weight is 424 g/mol. The number of nitrogens with zero attached hydrogens (tertiary/aromatic N) is 1. The number of hydrogen-bond acceptors (Lipinski definition) is 6. The largest absolute Gasteiger partial charge is 0.465 e. The van der Waals surface area contributed by atoms with Crippen molar-refractivity contribution in [2.75, 3.05) is 26.3 Å². The highest BCUT2D eigenvalue weighted by molar-refractivity contribution is 7.54. The van der Waals surface area contributed by atoms with E-state index in [0.717, 1.165) is 17.5 Å². The van der Waals surface area contributed by atoms with Gasteiger partial charge >= 0.3 is 19.6 Å². The van der Waals surface area contributed by atoms with Crippen LogP contribution in [0.5, 0.6) is 5.75 Å². The molecule has 1 fully saturated rings. The maximum atomic E-state index is 13.8. The van der Waals surface area contributed by atoms with Gasteiger partial charge < -0.3 is 14.0 Å². The monoisotopic (exact) mass is 424 g/mol. The van der Waals surface area contributed by atoms with Gasteiger partial charge in [-0.1, -0.05) is 18.2 Å². The van der Waals surface area contributed by atoms with Crippen molar-refractivity contribution in [3.05, 3.63) is 29.3 Å². The molecular weight excluding hydrogens is 395 g/mol. The Hall–Kier alpha value is -1.89. The third-order valence-electron chi connectivity index (χ3n) is 5.11. The molecule has 2 unspecified atom stereocenters. The predicted molar refractivity (Wildman–Crippen MR) is 107 cm³/mol. The first-order valence-electron chi connectivity index (χ1n) is 10.1. The lowest BCUT2D eigenvalue weighted by atomic mass is 10.00. The topological polar surface area (TPSA) is 94.2 Å². The van der Waals surface area contributed by atoms with E-state index in [1.54, 1.807) is 13.8 Å². The second kappa shape index (κ2) is 9.28. The highest BCUT2D eigenvalue weighted by Crippen LogP contribution is 2.58. The Balaban J connectivity index is 1.91. The van der Waals surface area contributed by atoms with Crippen LogP contribution in [0, 0.1) is 5.92 Å². The van der Waals surface area contributed by atoms with Gasteiger partial charge in [-0.2, -0.15) is 4.67 Å². The van der Waals surface area contributed by atoms with Crippen LogP contribution in [-0.4, -0.2) is 42.9 Å². The molecule has 9 heteroatoms. The average Bonchev–Trinajstić information content (AvgIpc) is 3.49. The Morgan fingerprint density at radius 2 is 1.90 bits per heavy atom. The van der Waals surface area contributed by atoms with Crippen LogP contribution in [-0.2, 0) is 30.0 Å². The zero-order chi connectivity index (χ0) is 21.0. The van der Waals surface area contributed by atoms with Gasteiger partial charge in [0.25, 0.3) is 0 Å². The molecule has 8 nitrogen and oxygen atoms in total. The van der Waals surface area contributed by atoms with E-state index in [1.165, 1.54) is 17.5 Å². The summed E-state index contributed by atoms with van der Waals surface area (Å²) in [7, 11) is -3.74. The molecule has 1 saturated carbocycles. The van der Waals surface area contributed by atoms with Crippen LogP contribution in [0.3, 0.4) is 0 Å². The SMILES string of the molecule is CCOC(=O)CNP1(=O)Oc2c(CC3CC3)cccc2C(C)N1CC(=O)OCC. The summed E-state index contributed by atoms with van der Waals surface area (Å²) >= 11 is 0. The van der Waals surface area contributed by atoms with Crippen LogP contribution in [0.15, 0.2) is 18.2 Å². The summed E-state index contributed by atoms with van der Waals surface area (Å²) in [6.07, 6.45) is 3.24. The zero-order valence-electron chi connectivity index (χ0n) is 17.2. The number of fused-ring (bicyclic) bond motifs is 1. The molecule has 1 aliphatic carbocycles. The van der Waals surface area contributed by atoms with Crippen molar-refractivity contribution in [3.63, 3.8) is 0 Å². The predicted octanol–water partition coefficient (Wildman–Crippen LogP) is 3.22. The van der Waals surface area contributed by atoms with Crippen molar-refractivity contribution >= 4 is 19.6 Å². The van der Waals surface area contributed by atoms with Gasteiger partial charge in [-0.15, -0.1) is 0 Å². The van der Waals surface area contributed by atoms with Gasteiger partial charge in [0, 0.05) is 11.6 Å². The second-order valence-corrected chi connectivity index (χ2v) is 9.37. The van der Waals surface area contributed by atoms with Crippen LogP contribution in [0.4, 0.5) is 0 Å². The molecule has 0 aromatic heterocycles. The highest BCUT2D eigenvalue weighted by atomic mass is 31.2. The fraction of sp³-hybridized carbons (Fsp3) is 0.600. The van der Waals surface area contributed by atoms with E-state index in [2.05, 4.69) is 5.09 Å². The molecule has 0 saturated heterocycles. The van der Waals surface area contributed by atoms with Gasteiger partial charge in [0.15, 0.2) is 0 Å². The summed E-state index contributed by atoms with van der Waals surface area (Å²) in [4.78, 5) is 24.0. The van der Waals surface area contributed by atoms with E-state index < -0.39 is 19.6 Å². The van der Waals surface area contributed by atoms with Gasteiger partial charge in [0.2, 0.25) is 0 Å². The van der Waals surface area contributed by atoms with E-state index >= 15 is 0 Å². The van der Waals surface area contributed by atoms with Crippen LogP contribution in [0.1, 0.15) is 50.8 Å². The molecule has 29 heavy (non-hydrogen) atoms. The maximum absolute atomic E-state index is 13.8. The van der Waals surface area contributed by atoms with Gasteiger partial charge in [-0.3, -0.25) is 9.59 Å². The van der Waals surface area contributed by atoms with Crippen molar-refractivity contribution in [1.82, 2.24) is 9.76 Å². The molecule has 0 spiro atoms.